The Morgan fingerprint density at radius 3 is 2.37 bits per heavy atom. The minimum Gasteiger partial charge on any atom is -0.481 e. The number of ether oxygens (including phenoxy) is 1. The topological polar surface area (TPSA) is 51.2 Å². The first-order valence-corrected chi connectivity index (χ1v) is 9.80. The van der Waals surface area contributed by atoms with Crippen molar-refractivity contribution in [2.75, 3.05) is 5.32 Å². The quantitative estimate of drug-likeness (QED) is 0.634. The molecule has 0 fully saturated rings. The summed E-state index contributed by atoms with van der Waals surface area (Å²) >= 11 is 1.40. The summed E-state index contributed by atoms with van der Waals surface area (Å²) in [5.41, 5.74) is 3.19. The zero-order valence-corrected chi connectivity index (χ0v) is 16.8. The molecule has 0 aliphatic carbocycles. The number of anilines is 1. The van der Waals surface area contributed by atoms with Crippen LogP contribution in [0.15, 0.2) is 60.0 Å². The molecule has 0 radical (unpaired) electrons. The number of carbonyl (C=O) groups excluding carboxylic acids is 1. The first kappa shape index (κ1) is 19.1. The van der Waals surface area contributed by atoms with Gasteiger partial charge in [-0.1, -0.05) is 63.2 Å². The summed E-state index contributed by atoms with van der Waals surface area (Å²) in [4.78, 5) is 16.9. The van der Waals surface area contributed by atoms with Gasteiger partial charge < -0.3 is 4.74 Å². The van der Waals surface area contributed by atoms with E-state index < -0.39 is 6.10 Å². The molecule has 1 heterocycles. The summed E-state index contributed by atoms with van der Waals surface area (Å²) in [6.45, 7) is 8.22. The molecule has 1 amide bonds. The van der Waals surface area contributed by atoms with Gasteiger partial charge in [-0.3, -0.25) is 10.1 Å². The molecule has 1 aromatic heterocycles. The Morgan fingerprint density at radius 1 is 1.07 bits per heavy atom. The van der Waals surface area contributed by atoms with Gasteiger partial charge in [0, 0.05) is 10.9 Å². The summed E-state index contributed by atoms with van der Waals surface area (Å²) in [6.07, 6.45) is -0.616. The van der Waals surface area contributed by atoms with E-state index in [0.717, 1.165) is 11.3 Å². The van der Waals surface area contributed by atoms with Gasteiger partial charge in [-0.25, -0.2) is 4.98 Å². The first-order chi connectivity index (χ1) is 12.8. The second-order valence-corrected chi connectivity index (χ2v) is 8.29. The molecule has 0 aliphatic heterocycles. The maximum absolute atomic E-state index is 12.4. The molecule has 1 unspecified atom stereocenters. The molecule has 0 bridgehead atoms. The highest BCUT2D eigenvalue weighted by Crippen LogP contribution is 2.26. The maximum atomic E-state index is 12.4. The Hall–Kier alpha value is -2.66. The van der Waals surface area contributed by atoms with Crippen molar-refractivity contribution in [3.63, 3.8) is 0 Å². The Balaban J connectivity index is 1.60. The number of carbonyl (C=O) groups is 1. The van der Waals surface area contributed by atoms with Crippen molar-refractivity contribution in [1.29, 1.82) is 0 Å². The van der Waals surface area contributed by atoms with Gasteiger partial charge >= 0.3 is 0 Å². The fourth-order valence-corrected chi connectivity index (χ4v) is 3.29. The smallest absolute Gasteiger partial charge is 0.266 e. The number of aromatic nitrogens is 1. The van der Waals surface area contributed by atoms with Crippen LogP contribution in [0.4, 0.5) is 5.13 Å². The average molecular weight is 381 g/mol. The van der Waals surface area contributed by atoms with Gasteiger partial charge in [0.15, 0.2) is 11.2 Å². The predicted molar refractivity (Wildman–Crippen MR) is 111 cm³/mol. The number of amides is 1. The van der Waals surface area contributed by atoms with Gasteiger partial charge in [-0.15, -0.1) is 11.3 Å². The third kappa shape index (κ3) is 4.95. The Bertz CT molecular complexity index is 896. The van der Waals surface area contributed by atoms with Crippen LogP contribution in [0, 0.1) is 0 Å². The molecule has 140 valence electrons. The van der Waals surface area contributed by atoms with Gasteiger partial charge in [0.05, 0.1) is 5.69 Å². The van der Waals surface area contributed by atoms with E-state index in [0.29, 0.717) is 10.9 Å². The molecule has 1 atom stereocenters. The molecule has 4 nitrogen and oxygen atoms in total. The molecule has 3 rings (SSSR count). The number of nitrogens with zero attached hydrogens (tertiary/aromatic N) is 1. The third-order valence-corrected chi connectivity index (χ3v) is 4.96. The van der Waals surface area contributed by atoms with Gasteiger partial charge in [0.25, 0.3) is 5.91 Å². The third-order valence-electron chi connectivity index (χ3n) is 4.21. The van der Waals surface area contributed by atoms with Crippen LogP contribution in [-0.4, -0.2) is 17.0 Å². The van der Waals surface area contributed by atoms with Crippen LogP contribution < -0.4 is 10.1 Å². The van der Waals surface area contributed by atoms with Crippen molar-refractivity contribution in [3.05, 3.63) is 65.5 Å². The predicted octanol–water partition coefficient (Wildman–Crippen LogP) is 5.51. The normalized spacial score (nSPS) is 12.4. The molecular formula is C22H24N2O2S. The highest BCUT2D eigenvalue weighted by Gasteiger charge is 2.18. The van der Waals surface area contributed by atoms with Crippen molar-refractivity contribution in [1.82, 2.24) is 4.98 Å². The number of nitrogens with one attached hydrogen (secondary N) is 1. The van der Waals surface area contributed by atoms with Crippen LogP contribution in [0.25, 0.3) is 11.3 Å². The number of hydrogen-bond donors (Lipinski definition) is 1. The van der Waals surface area contributed by atoms with E-state index in [1.54, 1.807) is 6.92 Å². The number of rotatable bonds is 5. The average Bonchev–Trinajstić information content (AvgIpc) is 3.10. The van der Waals surface area contributed by atoms with Crippen molar-refractivity contribution in [2.24, 2.45) is 0 Å². The lowest BCUT2D eigenvalue weighted by molar-refractivity contribution is -0.122. The lowest BCUT2D eigenvalue weighted by Gasteiger charge is -2.20. The van der Waals surface area contributed by atoms with E-state index >= 15 is 0 Å². The minimum absolute atomic E-state index is 0.0861. The molecule has 1 N–H and O–H groups in total. The summed E-state index contributed by atoms with van der Waals surface area (Å²) in [6, 6.07) is 17.8. The Morgan fingerprint density at radius 2 is 1.74 bits per heavy atom. The second-order valence-electron chi connectivity index (χ2n) is 7.43. The first-order valence-electron chi connectivity index (χ1n) is 8.92. The van der Waals surface area contributed by atoms with Crippen molar-refractivity contribution in [2.45, 2.75) is 39.2 Å². The summed E-state index contributed by atoms with van der Waals surface area (Å²) in [5, 5.41) is 5.33. The summed E-state index contributed by atoms with van der Waals surface area (Å²) in [7, 11) is 0. The zero-order valence-electron chi connectivity index (χ0n) is 16.0. The highest BCUT2D eigenvalue weighted by molar-refractivity contribution is 7.14. The van der Waals surface area contributed by atoms with E-state index in [9.17, 15) is 4.79 Å². The summed E-state index contributed by atoms with van der Waals surface area (Å²) < 4.78 is 5.77. The zero-order chi connectivity index (χ0) is 19.4. The van der Waals surface area contributed by atoms with Crippen LogP contribution in [0.5, 0.6) is 5.75 Å². The lowest BCUT2D eigenvalue weighted by atomic mass is 9.87. The van der Waals surface area contributed by atoms with E-state index in [2.05, 4.69) is 31.1 Å². The molecule has 27 heavy (non-hydrogen) atoms. The van der Waals surface area contributed by atoms with Crippen molar-refractivity contribution in [3.8, 4) is 17.0 Å². The van der Waals surface area contributed by atoms with Gasteiger partial charge in [0.1, 0.15) is 5.75 Å². The fourth-order valence-electron chi connectivity index (χ4n) is 2.57. The number of hydrogen-bond acceptors (Lipinski definition) is 4. The molecule has 2 aromatic carbocycles. The van der Waals surface area contributed by atoms with Crippen LogP contribution >= 0.6 is 11.3 Å². The van der Waals surface area contributed by atoms with Gasteiger partial charge in [0.2, 0.25) is 0 Å². The SMILES string of the molecule is CC(Oc1ccc(C(C)(C)C)cc1)C(=O)Nc1nc(-c2ccccc2)cs1. The van der Waals surface area contributed by atoms with Crippen molar-refractivity contribution < 1.29 is 9.53 Å². The maximum Gasteiger partial charge on any atom is 0.266 e. The molecule has 3 aromatic rings. The van der Waals surface area contributed by atoms with Crippen molar-refractivity contribution >= 4 is 22.4 Å². The molecule has 0 aliphatic rings. The lowest BCUT2D eigenvalue weighted by Crippen LogP contribution is -2.30. The number of benzene rings is 2. The van der Waals surface area contributed by atoms with E-state index in [-0.39, 0.29) is 11.3 Å². The summed E-state index contributed by atoms with van der Waals surface area (Å²) in [5.74, 6) is 0.457. The highest BCUT2D eigenvalue weighted by atomic mass is 32.1. The number of thiazole rings is 1. The van der Waals surface area contributed by atoms with E-state index in [4.69, 9.17) is 4.74 Å². The monoisotopic (exact) mass is 380 g/mol. The Kier molecular flexibility index (Phi) is 5.61. The largest absolute Gasteiger partial charge is 0.481 e. The molecule has 0 spiro atoms. The van der Waals surface area contributed by atoms with E-state index in [1.807, 2.05) is 60.0 Å². The molecule has 0 saturated carbocycles. The van der Waals surface area contributed by atoms with Crippen LogP contribution in [0.3, 0.4) is 0 Å². The van der Waals surface area contributed by atoms with Crippen LogP contribution in [0.1, 0.15) is 33.3 Å². The molecular weight excluding hydrogens is 356 g/mol. The second kappa shape index (κ2) is 7.92. The van der Waals surface area contributed by atoms with Crippen LogP contribution in [0.2, 0.25) is 0 Å². The van der Waals surface area contributed by atoms with Gasteiger partial charge in [-0.2, -0.15) is 0 Å². The standard InChI is InChI=1S/C22H24N2O2S/c1-15(26-18-12-10-17(11-13-18)22(2,3)4)20(25)24-21-23-19(14-27-21)16-8-6-5-7-9-16/h5-15H,1-4H3,(H,23,24,25). The minimum atomic E-state index is -0.616. The Labute approximate surface area is 164 Å². The molecule has 5 heteroatoms. The molecule has 0 saturated heterocycles. The van der Waals surface area contributed by atoms with Crippen LogP contribution in [-0.2, 0) is 10.2 Å². The van der Waals surface area contributed by atoms with E-state index in [1.165, 1.54) is 16.9 Å². The fraction of sp³-hybridized carbons (Fsp3) is 0.273. The van der Waals surface area contributed by atoms with Gasteiger partial charge in [-0.05, 0) is 30.0 Å².